The molecule has 0 aliphatic carbocycles. The van der Waals surface area contributed by atoms with Gasteiger partial charge < -0.3 is 18.4 Å². The molecule has 0 saturated heterocycles. The summed E-state index contributed by atoms with van der Waals surface area (Å²) >= 11 is 0. The summed E-state index contributed by atoms with van der Waals surface area (Å²) in [7, 11) is -1.21. The molecule has 0 unspecified atom stereocenters. The average molecular weight is 560 g/mol. The number of hydrogen-bond donors (Lipinski definition) is 0. The molecule has 0 radical (unpaired) electrons. The minimum atomic E-state index is -0.607. The molecule has 0 aliphatic heterocycles. The molecule has 6 heterocycles. The summed E-state index contributed by atoms with van der Waals surface area (Å²) in [5.41, 5.74) is 8.11. The average Bonchev–Trinajstić information content (AvgIpc) is 3.71. The predicted molar refractivity (Wildman–Crippen MR) is 153 cm³/mol. The van der Waals surface area contributed by atoms with E-state index in [4.69, 9.17) is 0 Å². The van der Waals surface area contributed by atoms with Crippen molar-refractivity contribution >= 4 is 15.1 Å². The van der Waals surface area contributed by atoms with Crippen molar-refractivity contribution in [3.63, 3.8) is 0 Å². The molecule has 0 atom stereocenters. The largest absolute Gasteiger partial charge is 2.00 e. The molecule has 6 rings (SSSR count). The van der Waals surface area contributed by atoms with Crippen LogP contribution in [0.3, 0.4) is 0 Å². The summed E-state index contributed by atoms with van der Waals surface area (Å²) in [6.07, 6.45) is 7.57. The molecule has 39 heavy (non-hydrogen) atoms. The van der Waals surface area contributed by atoms with Gasteiger partial charge in [0.25, 0.3) is 0 Å². The Kier molecular flexibility index (Phi) is 8.95. The zero-order valence-corrected chi connectivity index (χ0v) is 24.0. The molecule has 0 fully saturated rings. The van der Waals surface area contributed by atoms with Crippen molar-refractivity contribution in [3.8, 4) is 22.8 Å². The molecule has 0 amide bonds. The first-order chi connectivity index (χ1) is 18.4. The number of aryl methyl sites for hydroxylation is 4. The van der Waals surface area contributed by atoms with Crippen LogP contribution in [0.15, 0.2) is 85.5 Å². The van der Waals surface area contributed by atoms with E-state index in [9.17, 15) is 0 Å². The van der Waals surface area contributed by atoms with Crippen LogP contribution in [0.1, 0.15) is 22.8 Å². The molecule has 0 aromatic carbocycles. The predicted octanol–water partition coefficient (Wildman–Crippen LogP) is 2.30. The number of aromatic nitrogens is 10. The van der Waals surface area contributed by atoms with Crippen LogP contribution in [-0.4, -0.2) is 63.8 Å². The summed E-state index contributed by atoms with van der Waals surface area (Å²) in [6, 6.07) is 19.9. The molecule has 0 bridgehead atoms. The Labute approximate surface area is 239 Å². The molecule has 0 N–H and O–H groups in total. The molecule has 0 aliphatic rings. The monoisotopic (exact) mass is 560 g/mol. The Hall–Kier alpha value is -4.21. The molecular formula is C26H30B2FeN10. The molecular weight excluding hydrogens is 530 g/mol. The summed E-state index contributed by atoms with van der Waals surface area (Å²) < 4.78 is 8.10. The third-order valence-corrected chi connectivity index (χ3v) is 6.54. The van der Waals surface area contributed by atoms with Crippen LogP contribution in [-0.2, 0) is 17.1 Å². The molecule has 0 spiro atoms. The fraction of sp³-hybridized carbons (Fsp3) is 0.154. The molecule has 0 saturated carbocycles. The topological polar surface area (TPSA) is 97.1 Å². The van der Waals surface area contributed by atoms with Gasteiger partial charge in [-0.05, 0) is 100 Å². The van der Waals surface area contributed by atoms with Gasteiger partial charge in [-0.1, -0.05) is 12.1 Å². The quantitative estimate of drug-likeness (QED) is 0.291. The molecule has 13 heteroatoms. The van der Waals surface area contributed by atoms with E-state index >= 15 is 0 Å². The second-order valence-electron chi connectivity index (χ2n) is 9.68. The first-order valence-corrected chi connectivity index (χ1v) is 12.9. The van der Waals surface area contributed by atoms with E-state index in [1.54, 1.807) is 12.4 Å². The van der Waals surface area contributed by atoms with Crippen LogP contribution < -0.4 is 0 Å². The number of pyridine rings is 2. The summed E-state index contributed by atoms with van der Waals surface area (Å²) in [4.78, 5) is 8.61. The minimum Gasteiger partial charge on any atom is -0.428 e. The van der Waals surface area contributed by atoms with Crippen molar-refractivity contribution in [2.24, 2.45) is 0 Å². The van der Waals surface area contributed by atoms with E-state index in [0.29, 0.717) is 0 Å². The first-order valence-electron chi connectivity index (χ1n) is 12.9. The molecule has 6 aromatic heterocycles. The van der Waals surface area contributed by atoms with Crippen LogP contribution in [0.5, 0.6) is 0 Å². The van der Waals surface area contributed by atoms with Crippen LogP contribution in [0, 0.1) is 27.7 Å². The van der Waals surface area contributed by atoms with Crippen molar-refractivity contribution < 1.29 is 17.1 Å². The van der Waals surface area contributed by atoms with E-state index in [2.05, 4.69) is 65.5 Å². The van der Waals surface area contributed by atoms with E-state index < -0.39 is 15.1 Å². The second kappa shape index (κ2) is 12.6. The Balaban J connectivity index is 0.000000176. The Morgan fingerprint density at radius 2 is 0.974 bits per heavy atom. The maximum atomic E-state index is 4.58. The van der Waals surface area contributed by atoms with E-state index in [0.717, 1.165) is 34.2 Å². The molecule has 10 nitrogen and oxygen atoms in total. The summed E-state index contributed by atoms with van der Waals surface area (Å²) in [5, 5.41) is 18.1. The van der Waals surface area contributed by atoms with Gasteiger partial charge in [-0.15, -0.1) is 0 Å². The standard InChI is InChI=1S/2C13H15BN5.Fe/c2*1-10-9-11(2)19(16-10)14-18-8-6-13(17-18)12-5-3-4-7-15-12;/h2*3-9H,14H2,1-2H3;/q2*-1;+2. The number of hydrogen-bond acceptors (Lipinski definition) is 6. The summed E-state index contributed by atoms with van der Waals surface area (Å²) in [5.74, 6) is 0. The Bertz CT molecular complexity index is 1500. The van der Waals surface area contributed by atoms with Gasteiger partial charge in [-0.25, -0.2) is 20.4 Å². The summed E-state index contributed by atoms with van der Waals surface area (Å²) in [6.45, 7) is 8.18. The van der Waals surface area contributed by atoms with Crippen molar-refractivity contribution in [2.45, 2.75) is 27.7 Å². The van der Waals surface area contributed by atoms with Crippen molar-refractivity contribution in [1.82, 2.24) is 48.7 Å². The normalized spacial score (nSPS) is 10.6. The van der Waals surface area contributed by atoms with Gasteiger partial charge in [0, 0.05) is 12.4 Å². The molecule has 6 aromatic rings. The first kappa shape index (κ1) is 27.8. The zero-order chi connectivity index (χ0) is 26.5. The van der Waals surface area contributed by atoms with Crippen LogP contribution >= 0.6 is 0 Å². The van der Waals surface area contributed by atoms with Crippen LogP contribution in [0.2, 0.25) is 0 Å². The van der Waals surface area contributed by atoms with Crippen molar-refractivity contribution in [1.29, 1.82) is 0 Å². The number of nitrogens with zero attached hydrogens (tertiary/aromatic N) is 10. The number of rotatable bonds is 6. The smallest absolute Gasteiger partial charge is 0.428 e. The SMILES string of the molecule is Cc1cc(C)n([BH2-]n2ccc(-c3ccccn3)n2)n1.Cc1cc(C)n([BH2-]n2ccc(-c3ccccn3)n2)n1.[Fe+2]. The third kappa shape index (κ3) is 7.01. The van der Waals surface area contributed by atoms with Gasteiger partial charge in [-0.3, -0.25) is 9.97 Å². The van der Waals surface area contributed by atoms with E-state index in [1.807, 2.05) is 84.0 Å². The van der Waals surface area contributed by atoms with Gasteiger partial charge in [0.15, 0.2) is 15.1 Å². The minimum absolute atomic E-state index is 0. The van der Waals surface area contributed by atoms with Crippen molar-refractivity contribution in [2.75, 3.05) is 0 Å². The maximum absolute atomic E-state index is 4.58. The van der Waals surface area contributed by atoms with Gasteiger partial charge in [0.2, 0.25) is 0 Å². The van der Waals surface area contributed by atoms with Gasteiger partial charge in [0.1, 0.15) is 11.4 Å². The third-order valence-electron chi connectivity index (χ3n) is 6.54. The second-order valence-corrected chi connectivity index (χ2v) is 9.68. The Morgan fingerprint density at radius 3 is 1.31 bits per heavy atom. The fourth-order valence-electron chi connectivity index (χ4n) is 4.63. The van der Waals surface area contributed by atoms with Gasteiger partial charge in [0.05, 0.1) is 22.8 Å². The van der Waals surface area contributed by atoms with Gasteiger partial charge >= 0.3 is 17.1 Å². The Morgan fingerprint density at radius 1 is 0.538 bits per heavy atom. The van der Waals surface area contributed by atoms with Crippen LogP contribution in [0.4, 0.5) is 0 Å². The zero-order valence-electron chi connectivity index (χ0n) is 22.9. The fourth-order valence-corrected chi connectivity index (χ4v) is 4.63. The van der Waals surface area contributed by atoms with Crippen LogP contribution in [0.25, 0.3) is 22.8 Å². The maximum Gasteiger partial charge on any atom is 2.00 e. The van der Waals surface area contributed by atoms with E-state index in [1.165, 1.54) is 11.4 Å². The van der Waals surface area contributed by atoms with E-state index in [-0.39, 0.29) is 17.1 Å². The van der Waals surface area contributed by atoms with Gasteiger partial charge in [-0.2, -0.15) is 0 Å². The van der Waals surface area contributed by atoms with Crippen molar-refractivity contribution in [3.05, 3.63) is 108 Å². The molecule has 198 valence electrons.